The average molecular weight is 456 g/mol. The highest BCUT2D eigenvalue weighted by Gasteiger charge is 2.23. The number of aromatic nitrogens is 1. The van der Waals surface area contributed by atoms with Gasteiger partial charge in [-0.25, -0.2) is 4.39 Å². The van der Waals surface area contributed by atoms with Crippen LogP contribution in [0.3, 0.4) is 0 Å². The number of benzene rings is 1. The van der Waals surface area contributed by atoms with Crippen molar-refractivity contribution in [2.45, 2.75) is 6.10 Å². The number of carbonyl (C=O) groups is 1. The summed E-state index contributed by atoms with van der Waals surface area (Å²) >= 11 is 9.01. The van der Waals surface area contributed by atoms with Gasteiger partial charge >= 0.3 is 0 Å². The van der Waals surface area contributed by atoms with Crippen molar-refractivity contribution in [1.29, 1.82) is 0 Å². The van der Waals surface area contributed by atoms with Crippen LogP contribution in [-0.2, 0) is 9.53 Å². The summed E-state index contributed by atoms with van der Waals surface area (Å²) in [6.45, 7) is 1.65. The molecule has 1 aliphatic heterocycles. The third-order valence-electron chi connectivity index (χ3n) is 3.93. The molecule has 1 atom stereocenters. The lowest BCUT2D eigenvalue weighted by Crippen LogP contribution is -2.47. The van der Waals surface area contributed by atoms with E-state index in [0.29, 0.717) is 41.5 Å². The molecule has 0 radical (unpaired) electrons. The summed E-state index contributed by atoms with van der Waals surface area (Å²) < 4.78 is 24.9. The number of halogens is 3. The molecular weight excluding hydrogens is 439 g/mol. The largest absolute Gasteiger partial charge is 0.489 e. The van der Waals surface area contributed by atoms with E-state index in [1.807, 2.05) is 0 Å². The molecule has 0 N–H and O–H groups in total. The van der Waals surface area contributed by atoms with Crippen LogP contribution in [0, 0.1) is 5.82 Å². The Morgan fingerprint density at radius 3 is 3.07 bits per heavy atom. The summed E-state index contributed by atoms with van der Waals surface area (Å²) in [6.07, 6.45) is 5.99. The number of hydrogen-bond acceptors (Lipinski definition) is 4. The van der Waals surface area contributed by atoms with Crippen molar-refractivity contribution in [2.75, 3.05) is 26.3 Å². The molecule has 142 valence electrons. The van der Waals surface area contributed by atoms with E-state index >= 15 is 0 Å². The Morgan fingerprint density at radius 2 is 2.30 bits per heavy atom. The summed E-state index contributed by atoms with van der Waals surface area (Å²) in [5.74, 6) is 0.0777. The van der Waals surface area contributed by atoms with E-state index in [2.05, 4.69) is 20.9 Å². The second-order valence-electron chi connectivity index (χ2n) is 5.93. The Labute approximate surface area is 169 Å². The van der Waals surface area contributed by atoms with Crippen LogP contribution >= 0.6 is 27.5 Å². The molecule has 0 saturated carbocycles. The first-order valence-corrected chi connectivity index (χ1v) is 9.45. The van der Waals surface area contributed by atoms with Gasteiger partial charge in [-0.3, -0.25) is 9.78 Å². The molecule has 2 aromatic rings. The van der Waals surface area contributed by atoms with Crippen molar-refractivity contribution < 1.29 is 18.7 Å². The minimum absolute atomic E-state index is 0.131. The molecule has 1 aromatic carbocycles. The first-order chi connectivity index (χ1) is 13.0. The fraction of sp³-hybridized carbons (Fsp3) is 0.263. The molecule has 1 amide bonds. The van der Waals surface area contributed by atoms with E-state index in [0.717, 1.165) is 5.56 Å². The van der Waals surface area contributed by atoms with Crippen LogP contribution in [0.4, 0.5) is 4.39 Å². The Kier molecular flexibility index (Phi) is 6.82. The molecular formula is C19H17BrClFN2O3. The molecule has 0 aliphatic carbocycles. The van der Waals surface area contributed by atoms with Crippen LogP contribution in [0.1, 0.15) is 5.56 Å². The monoisotopic (exact) mass is 454 g/mol. The lowest BCUT2D eigenvalue weighted by Gasteiger charge is -2.32. The maximum absolute atomic E-state index is 13.3. The molecule has 5 nitrogen and oxygen atoms in total. The van der Waals surface area contributed by atoms with Gasteiger partial charge in [0.2, 0.25) is 5.91 Å². The van der Waals surface area contributed by atoms with Crippen molar-refractivity contribution in [3.63, 3.8) is 0 Å². The first-order valence-electron chi connectivity index (χ1n) is 8.28. The number of hydrogen-bond donors (Lipinski definition) is 0. The zero-order chi connectivity index (χ0) is 19.2. The number of rotatable bonds is 5. The van der Waals surface area contributed by atoms with Crippen LogP contribution in [-0.4, -0.2) is 48.2 Å². The molecule has 1 aromatic heterocycles. The van der Waals surface area contributed by atoms with Crippen molar-refractivity contribution in [3.05, 3.63) is 63.6 Å². The van der Waals surface area contributed by atoms with Crippen LogP contribution < -0.4 is 4.74 Å². The summed E-state index contributed by atoms with van der Waals surface area (Å²) in [4.78, 5) is 18.1. The van der Waals surface area contributed by atoms with Crippen LogP contribution in [0.2, 0.25) is 5.02 Å². The van der Waals surface area contributed by atoms with Gasteiger partial charge in [0.15, 0.2) is 0 Å². The number of carbonyl (C=O) groups excluding carboxylic acids is 1. The standard InChI is InChI=1S/C19H17BrClFN2O3/c20-17-7-13(1-3-18(17)22)2-4-19(25)24-5-6-26-16(11-24)12-27-15-8-14(21)9-23-10-15/h1-4,7-10,16H,5-6,11-12H2/b4-2+. The summed E-state index contributed by atoms with van der Waals surface area (Å²) in [6, 6.07) is 6.25. The molecule has 1 saturated heterocycles. The molecule has 0 spiro atoms. The Morgan fingerprint density at radius 1 is 1.44 bits per heavy atom. The zero-order valence-corrected chi connectivity index (χ0v) is 16.6. The predicted molar refractivity (Wildman–Crippen MR) is 104 cm³/mol. The lowest BCUT2D eigenvalue weighted by molar-refractivity contribution is -0.134. The van der Waals surface area contributed by atoms with E-state index in [1.165, 1.54) is 18.3 Å². The summed E-state index contributed by atoms with van der Waals surface area (Å²) in [5, 5.41) is 0.492. The highest BCUT2D eigenvalue weighted by atomic mass is 79.9. The molecule has 8 heteroatoms. The Bertz CT molecular complexity index is 849. The van der Waals surface area contributed by atoms with E-state index in [-0.39, 0.29) is 17.8 Å². The molecule has 1 unspecified atom stereocenters. The first kappa shape index (κ1) is 19.8. The minimum atomic E-state index is -0.343. The second kappa shape index (κ2) is 9.30. The third-order valence-corrected chi connectivity index (χ3v) is 4.74. The van der Waals surface area contributed by atoms with Gasteiger partial charge in [0, 0.05) is 24.9 Å². The van der Waals surface area contributed by atoms with E-state index < -0.39 is 0 Å². The van der Waals surface area contributed by atoms with Gasteiger partial charge in [-0.05, 0) is 39.7 Å². The fourth-order valence-electron chi connectivity index (χ4n) is 2.57. The number of pyridine rings is 1. The molecule has 0 bridgehead atoms. The van der Waals surface area contributed by atoms with Gasteiger partial charge in [-0.15, -0.1) is 0 Å². The van der Waals surface area contributed by atoms with Gasteiger partial charge in [-0.2, -0.15) is 0 Å². The van der Waals surface area contributed by atoms with E-state index in [1.54, 1.807) is 35.4 Å². The highest BCUT2D eigenvalue weighted by Crippen LogP contribution is 2.18. The lowest BCUT2D eigenvalue weighted by atomic mass is 10.2. The number of nitrogens with zero attached hydrogens (tertiary/aromatic N) is 2. The summed E-state index contributed by atoms with van der Waals surface area (Å²) in [5.41, 5.74) is 0.734. The van der Waals surface area contributed by atoms with Crippen molar-refractivity contribution in [1.82, 2.24) is 9.88 Å². The number of morpholine rings is 1. The average Bonchev–Trinajstić information content (AvgIpc) is 2.67. The fourth-order valence-corrected chi connectivity index (χ4v) is 3.13. The Hall–Kier alpha value is -1.96. The number of amides is 1. The molecule has 2 heterocycles. The van der Waals surface area contributed by atoms with Gasteiger partial charge in [-0.1, -0.05) is 17.7 Å². The van der Waals surface area contributed by atoms with Gasteiger partial charge < -0.3 is 14.4 Å². The molecule has 3 rings (SSSR count). The van der Waals surface area contributed by atoms with Crippen LogP contribution in [0.5, 0.6) is 5.75 Å². The predicted octanol–water partition coefficient (Wildman–Crippen LogP) is 3.96. The number of ether oxygens (including phenoxy) is 2. The molecule has 1 aliphatic rings. The molecule has 1 fully saturated rings. The van der Waals surface area contributed by atoms with Crippen molar-refractivity contribution in [3.8, 4) is 5.75 Å². The van der Waals surface area contributed by atoms with E-state index in [4.69, 9.17) is 21.1 Å². The maximum Gasteiger partial charge on any atom is 0.246 e. The summed E-state index contributed by atoms with van der Waals surface area (Å²) in [7, 11) is 0. The SMILES string of the molecule is O=C(/C=C/c1ccc(F)c(Br)c1)N1CCOC(COc2cncc(Cl)c2)C1. The van der Waals surface area contributed by atoms with Gasteiger partial charge in [0.25, 0.3) is 0 Å². The quantitative estimate of drug-likeness (QED) is 0.641. The second-order valence-corrected chi connectivity index (χ2v) is 7.22. The van der Waals surface area contributed by atoms with E-state index in [9.17, 15) is 9.18 Å². The van der Waals surface area contributed by atoms with Crippen LogP contribution in [0.15, 0.2) is 47.2 Å². The minimum Gasteiger partial charge on any atom is -0.489 e. The Balaban J connectivity index is 1.54. The molecule has 27 heavy (non-hydrogen) atoms. The topological polar surface area (TPSA) is 51.7 Å². The third kappa shape index (κ3) is 5.76. The van der Waals surface area contributed by atoms with Crippen molar-refractivity contribution in [2.24, 2.45) is 0 Å². The smallest absolute Gasteiger partial charge is 0.246 e. The maximum atomic E-state index is 13.3. The van der Waals surface area contributed by atoms with Crippen molar-refractivity contribution >= 4 is 39.5 Å². The van der Waals surface area contributed by atoms with Crippen LogP contribution in [0.25, 0.3) is 6.08 Å². The van der Waals surface area contributed by atoms with Gasteiger partial charge in [0.05, 0.1) is 28.8 Å². The highest BCUT2D eigenvalue weighted by molar-refractivity contribution is 9.10. The zero-order valence-electron chi connectivity index (χ0n) is 14.3. The van der Waals surface area contributed by atoms with Gasteiger partial charge in [0.1, 0.15) is 24.3 Å². The normalized spacial score (nSPS) is 17.3.